The van der Waals surface area contributed by atoms with Crippen molar-refractivity contribution in [1.29, 1.82) is 0 Å². The van der Waals surface area contributed by atoms with Gasteiger partial charge >= 0.3 is 0 Å². The number of H-pyrrole nitrogens is 1. The van der Waals surface area contributed by atoms with Crippen LogP contribution in [0.5, 0.6) is 5.75 Å². The number of piperazine rings is 1. The monoisotopic (exact) mass is 434 g/mol. The van der Waals surface area contributed by atoms with Crippen LogP contribution in [0.2, 0.25) is 0 Å². The van der Waals surface area contributed by atoms with Crippen molar-refractivity contribution in [3.05, 3.63) is 65.9 Å². The molecule has 2 amide bonds. The normalized spacial score (nSPS) is 14.5. The van der Waals surface area contributed by atoms with Crippen LogP contribution >= 0.6 is 0 Å². The molecule has 0 bridgehead atoms. The molecule has 1 fully saturated rings. The molecule has 3 aromatic rings. The molecule has 7 nitrogen and oxygen atoms in total. The summed E-state index contributed by atoms with van der Waals surface area (Å²) in [4.78, 5) is 32.4. The van der Waals surface area contributed by atoms with E-state index in [1.807, 2.05) is 29.2 Å². The number of carbonyl (C=O) groups excluding carboxylic acids is 2. The molecule has 0 spiro atoms. The zero-order chi connectivity index (χ0) is 22.3. The summed E-state index contributed by atoms with van der Waals surface area (Å²) in [5, 5.41) is 3.78. The molecule has 32 heavy (non-hydrogen) atoms. The van der Waals surface area contributed by atoms with E-state index in [4.69, 9.17) is 4.74 Å². The second-order valence-corrected chi connectivity index (χ2v) is 8.11. The fraction of sp³-hybridized carbons (Fsp3) is 0.360. The molecule has 2 heterocycles. The highest BCUT2D eigenvalue weighted by atomic mass is 16.5. The molecule has 0 aliphatic carbocycles. The molecular weight excluding hydrogens is 404 g/mol. The van der Waals surface area contributed by atoms with E-state index in [1.165, 1.54) is 5.56 Å². The summed E-state index contributed by atoms with van der Waals surface area (Å²) in [6.07, 6.45) is 1.07. The van der Waals surface area contributed by atoms with Gasteiger partial charge in [-0.3, -0.25) is 14.5 Å². The number of hydrogen-bond donors (Lipinski definition) is 2. The zero-order valence-corrected chi connectivity index (χ0v) is 18.5. The Morgan fingerprint density at radius 1 is 1.03 bits per heavy atom. The maximum Gasteiger partial charge on any atom is 0.267 e. The van der Waals surface area contributed by atoms with E-state index in [-0.39, 0.29) is 11.8 Å². The number of nitrogens with zero attached hydrogens (tertiary/aromatic N) is 2. The third-order valence-electron chi connectivity index (χ3n) is 5.92. The second-order valence-electron chi connectivity index (χ2n) is 8.11. The van der Waals surface area contributed by atoms with Crippen molar-refractivity contribution < 1.29 is 14.3 Å². The van der Waals surface area contributed by atoms with Gasteiger partial charge in [0.2, 0.25) is 5.91 Å². The Balaban J connectivity index is 1.17. The van der Waals surface area contributed by atoms with Crippen LogP contribution in [0, 0.1) is 0 Å². The number of benzene rings is 2. The fourth-order valence-electron chi connectivity index (χ4n) is 4.12. The van der Waals surface area contributed by atoms with E-state index in [0.717, 1.165) is 49.4 Å². The van der Waals surface area contributed by atoms with Gasteiger partial charge in [0.25, 0.3) is 5.91 Å². The van der Waals surface area contributed by atoms with Crippen molar-refractivity contribution in [2.75, 3.05) is 39.8 Å². The van der Waals surface area contributed by atoms with Gasteiger partial charge in [0.05, 0.1) is 7.11 Å². The van der Waals surface area contributed by atoms with Gasteiger partial charge in [0, 0.05) is 56.6 Å². The fourth-order valence-corrected chi connectivity index (χ4v) is 4.12. The van der Waals surface area contributed by atoms with Crippen LogP contribution in [-0.4, -0.2) is 66.4 Å². The quantitative estimate of drug-likeness (QED) is 0.535. The van der Waals surface area contributed by atoms with Gasteiger partial charge in [0.1, 0.15) is 11.4 Å². The average Bonchev–Trinajstić information content (AvgIpc) is 3.27. The summed E-state index contributed by atoms with van der Waals surface area (Å²) in [5.74, 6) is 0.714. The van der Waals surface area contributed by atoms with E-state index >= 15 is 0 Å². The molecule has 0 saturated carbocycles. The molecular formula is C25H30N4O3. The minimum atomic E-state index is -0.176. The number of hydrogen-bond acceptors (Lipinski definition) is 4. The lowest BCUT2D eigenvalue weighted by Gasteiger charge is -2.34. The SMILES string of the molecule is COc1cccc2[nH]c(C(=O)NCCCC(=O)N3CCN(Cc4ccccc4)CC3)cc12. The van der Waals surface area contributed by atoms with Gasteiger partial charge < -0.3 is 19.9 Å². The van der Waals surface area contributed by atoms with E-state index in [9.17, 15) is 9.59 Å². The van der Waals surface area contributed by atoms with E-state index in [1.54, 1.807) is 13.2 Å². The van der Waals surface area contributed by atoms with E-state index in [2.05, 4.69) is 39.5 Å². The lowest BCUT2D eigenvalue weighted by atomic mass is 10.2. The van der Waals surface area contributed by atoms with Gasteiger partial charge in [0.15, 0.2) is 0 Å². The largest absolute Gasteiger partial charge is 0.496 e. The molecule has 0 radical (unpaired) electrons. The second kappa shape index (κ2) is 10.3. The van der Waals surface area contributed by atoms with Crippen molar-refractivity contribution in [1.82, 2.24) is 20.1 Å². The Morgan fingerprint density at radius 3 is 2.56 bits per heavy atom. The Labute approximate surface area is 188 Å². The molecule has 1 aliphatic rings. The van der Waals surface area contributed by atoms with Gasteiger partial charge in [-0.25, -0.2) is 0 Å². The maximum atomic E-state index is 12.5. The Bertz CT molecular complexity index is 1060. The standard InChI is InChI=1S/C25H30N4O3/c1-32-23-10-5-9-21-20(23)17-22(27-21)25(31)26-12-6-11-24(30)29-15-13-28(14-16-29)18-19-7-3-2-4-8-19/h2-5,7-10,17,27H,6,11-16,18H2,1H3,(H,26,31). The third-order valence-corrected chi connectivity index (χ3v) is 5.92. The number of methoxy groups -OCH3 is 1. The molecule has 168 valence electrons. The van der Waals surface area contributed by atoms with Crippen LogP contribution in [-0.2, 0) is 11.3 Å². The predicted octanol–water partition coefficient (Wildman–Crippen LogP) is 3.03. The van der Waals surface area contributed by atoms with Crippen molar-refractivity contribution in [3.63, 3.8) is 0 Å². The highest BCUT2D eigenvalue weighted by Gasteiger charge is 2.21. The number of fused-ring (bicyclic) bond motifs is 1. The number of aromatic nitrogens is 1. The van der Waals surface area contributed by atoms with Crippen LogP contribution in [0.1, 0.15) is 28.9 Å². The van der Waals surface area contributed by atoms with Gasteiger partial charge in [-0.05, 0) is 30.2 Å². The summed E-state index contributed by atoms with van der Waals surface area (Å²) >= 11 is 0. The van der Waals surface area contributed by atoms with Crippen LogP contribution in [0.15, 0.2) is 54.6 Å². The van der Waals surface area contributed by atoms with Gasteiger partial charge in [-0.15, -0.1) is 0 Å². The van der Waals surface area contributed by atoms with Crippen LogP contribution in [0.4, 0.5) is 0 Å². The van der Waals surface area contributed by atoms with Crippen molar-refractivity contribution in [2.45, 2.75) is 19.4 Å². The number of ether oxygens (including phenoxy) is 1. The smallest absolute Gasteiger partial charge is 0.267 e. The summed E-state index contributed by atoms with van der Waals surface area (Å²) < 4.78 is 5.34. The van der Waals surface area contributed by atoms with E-state index in [0.29, 0.717) is 25.1 Å². The first-order chi connectivity index (χ1) is 15.6. The number of carbonyl (C=O) groups is 2. The van der Waals surface area contributed by atoms with Crippen molar-refractivity contribution >= 4 is 22.7 Å². The minimum absolute atomic E-state index is 0.161. The Kier molecular flexibility index (Phi) is 7.07. The molecule has 7 heteroatoms. The lowest BCUT2D eigenvalue weighted by Crippen LogP contribution is -2.48. The molecule has 4 rings (SSSR count). The summed E-state index contributed by atoms with van der Waals surface area (Å²) in [5.41, 5.74) is 2.65. The minimum Gasteiger partial charge on any atom is -0.496 e. The third kappa shape index (κ3) is 5.29. The van der Waals surface area contributed by atoms with Crippen LogP contribution in [0.3, 0.4) is 0 Å². The summed E-state index contributed by atoms with van der Waals surface area (Å²) in [6.45, 7) is 4.69. The van der Waals surface area contributed by atoms with Crippen LogP contribution < -0.4 is 10.1 Å². The van der Waals surface area contributed by atoms with Gasteiger partial charge in [-0.2, -0.15) is 0 Å². The predicted molar refractivity (Wildman–Crippen MR) is 125 cm³/mol. The van der Waals surface area contributed by atoms with Crippen molar-refractivity contribution in [2.24, 2.45) is 0 Å². The van der Waals surface area contributed by atoms with E-state index < -0.39 is 0 Å². The zero-order valence-electron chi connectivity index (χ0n) is 18.5. The lowest BCUT2D eigenvalue weighted by molar-refractivity contribution is -0.133. The number of amides is 2. The first-order valence-corrected chi connectivity index (χ1v) is 11.1. The Morgan fingerprint density at radius 2 is 1.81 bits per heavy atom. The highest BCUT2D eigenvalue weighted by Crippen LogP contribution is 2.25. The summed E-state index contributed by atoms with van der Waals surface area (Å²) in [7, 11) is 1.61. The van der Waals surface area contributed by atoms with Crippen molar-refractivity contribution in [3.8, 4) is 5.75 Å². The summed E-state index contributed by atoms with van der Waals surface area (Å²) in [6, 6.07) is 17.9. The topological polar surface area (TPSA) is 77.7 Å². The first-order valence-electron chi connectivity index (χ1n) is 11.1. The van der Waals surface area contributed by atoms with Gasteiger partial charge in [-0.1, -0.05) is 36.4 Å². The maximum absolute atomic E-state index is 12.5. The average molecular weight is 435 g/mol. The molecule has 0 unspecified atom stereocenters. The first kappa shape index (κ1) is 21.9. The molecule has 1 aromatic heterocycles. The number of rotatable bonds is 8. The number of aromatic amines is 1. The molecule has 0 atom stereocenters. The molecule has 2 aromatic carbocycles. The van der Waals surface area contributed by atoms with Crippen LogP contribution in [0.25, 0.3) is 10.9 Å². The molecule has 2 N–H and O–H groups in total. The highest BCUT2D eigenvalue weighted by molar-refractivity contribution is 5.99. The molecule has 1 saturated heterocycles. The molecule has 1 aliphatic heterocycles. The number of nitrogens with one attached hydrogen (secondary N) is 2. The Hall–Kier alpha value is -3.32.